The minimum Gasteiger partial charge on any atom is -0.384 e. The summed E-state index contributed by atoms with van der Waals surface area (Å²) in [6.07, 6.45) is -1.71. The monoisotopic (exact) mass is 402 g/mol. The molecule has 12 heteroatoms. The third kappa shape index (κ3) is 3.79. The highest BCUT2D eigenvalue weighted by Gasteiger charge is 2.64. The summed E-state index contributed by atoms with van der Waals surface area (Å²) in [5, 5.41) is 8.80. The zero-order valence-electron chi connectivity index (χ0n) is 14.6. The molecule has 1 aromatic heterocycles. The number of H-pyrrole nitrogens is 1. The Bertz CT molecular complexity index is 939. The van der Waals surface area contributed by atoms with Gasteiger partial charge in [0.2, 0.25) is 0 Å². The highest BCUT2D eigenvalue weighted by Crippen LogP contribution is 2.52. The Morgan fingerprint density at radius 2 is 2.26 bits per heavy atom. The molecule has 5 atom stereocenters. The average Bonchev–Trinajstić information content (AvgIpc) is 3.04. The van der Waals surface area contributed by atoms with Gasteiger partial charge in [-0.05, 0) is 0 Å². The van der Waals surface area contributed by atoms with E-state index in [0.717, 1.165) is 11.2 Å². The summed E-state index contributed by atoms with van der Waals surface area (Å²) in [5.41, 5.74) is -2.73. The van der Waals surface area contributed by atoms with Crippen LogP contribution in [0, 0.1) is 11.8 Å². The highest BCUT2D eigenvalue weighted by atomic mass is 31.2. The molecule has 0 radical (unpaired) electrons. The van der Waals surface area contributed by atoms with Crippen LogP contribution in [-0.2, 0) is 23.3 Å². The van der Waals surface area contributed by atoms with Gasteiger partial charge in [0.1, 0.15) is 30.0 Å². The van der Waals surface area contributed by atoms with E-state index in [1.54, 1.807) is 0 Å². The molecular weight excluding hydrogens is 383 g/mol. The van der Waals surface area contributed by atoms with E-state index in [1.165, 1.54) is 13.3 Å². The Morgan fingerprint density at radius 3 is 2.89 bits per heavy atom. The molecule has 0 spiro atoms. The van der Waals surface area contributed by atoms with Crippen LogP contribution in [0.4, 0.5) is 0 Å². The lowest BCUT2D eigenvalue weighted by molar-refractivity contribution is -0.190. The number of hydrogen-bond acceptors (Lipinski definition) is 8. The van der Waals surface area contributed by atoms with Crippen LogP contribution in [0.25, 0.3) is 0 Å². The second-order valence-electron chi connectivity index (χ2n) is 6.28. The quantitative estimate of drug-likeness (QED) is 0.391. The smallest absolute Gasteiger partial charge is 0.330 e. The molecule has 3 rings (SSSR count). The van der Waals surface area contributed by atoms with Crippen molar-refractivity contribution in [3.05, 3.63) is 32.6 Å². The number of aliphatic hydroxyl groups excluding tert-OH is 1. The summed E-state index contributed by atoms with van der Waals surface area (Å²) in [6, 6.07) is 0. The van der Waals surface area contributed by atoms with Gasteiger partial charge in [-0.2, -0.15) is 0 Å². The lowest BCUT2D eigenvalue weighted by Gasteiger charge is -2.31. The van der Waals surface area contributed by atoms with Crippen LogP contribution in [0.15, 0.2) is 15.8 Å². The van der Waals surface area contributed by atoms with Crippen molar-refractivity contribution in [1.29, 1.82) is 0 Å². The molecule has 2 aliphatic rings. The molecule has 2 fully saturated rings. The Hall–Kier alpha value is -1.77. The standard InChI is InChI=1S/C15H19N2O9P/c1-23-7-15-8-24-10(11(15)26-27(2,21)22)13(25-15)17-6-9(4-3-5-18)12(19)16-14(17)20/h6,10-11,13,18H,5,7-8H2,1-2H3,(H,21,22)(H,16,19,20)/t10?,11-,13+,15+/m0/s1. The molecule has 2 saturated heterocycles. The second-order valence-corrected chi connectivity index (χ2v) is 8.10. The number of methoxy groups -OCH3 is 1. The topological polar surface area (TPSA) is 149 Å². The second kappa shape index (κ2) is 7.33. The average molecular weight is 402 g/mol. The molecular formula is C15H19N2O9P. The van der Waals surface area contributed by atoms with Gasteiger partial charge in [-0.1, -0.05) is 11.8 Å². The molecule has 0 aromatic carbocycles. The van der Waals surface area contributed by atoms with E-state index in [2.05, 4.69) is 16.8 Å². The van der Waals surface area contributed by atoms with Gasteiger partial charge < -0.3 is 24.2 Å². The van der Waals surface area contributed by atoms with Crippen LogP contribution in [0.5, 0.6) is 0 Å². The number of nitrogens with zero attached hydrogens (tertiary/aromatic N) is 1. The number of hydrogen-bond donors (Lipinski definition) is 3. The summed E-state index contributed by atoms with van der Waals surface area (Å²) in [4.78, 5) is 35.9. The lowest BCUT2D eigenvalue weighted by Crippen LogP contribution is -2.46. The number of aromatic amines is 1. The fourth-order valence-electron chi connectivity index (χ4n) is 3.23. The third-order valence-electron chi connectivity index (χ3n) is 4.22. The summed E-state index contributed by atoms with van der Waals surface area (Å²) < 4.78 is 34.9. The molecule has 3 N–H and O–H groups in total. The van der Waals surface area contributed by atoms with Gasteiger partial charge >= 0.3 is 13.3 Å². The molecule has 3 heterocycles. The van der Waals surface area contributed by atoms with E-state index >= 15 is 0 Å². The van der Waals surface area contributed by atoms with Crippen molar-refractivity contribution in [2.45, 2.75) is 24.0 Å². The molecule has 148 valence electrons. The number of ether oxygens (including phenoxy) is 3. The van der Waals surface area contributed by atoms with Crippen LogP contribution in [0.3, 0.4) is 0 Å². The van der Waals surface area contributed by atoms with Crippen LogP contribution >= 0.6 is 7.60 Å². The molecule has 0 saturated carbocycles. The van der Waals surface area contributed by atoms with Gasteiger partial charge in [-0.25, -0.2) is 4.79 Å². The Kier molecular flexibility index (Phi) is 5.42. The number of aromatic nitrogens is 2. The maximum Gasteiger partial charge on any atom is 0.330 e. The van der Waals surface area contributed by atoms with Crippen molar-refractivity contribution >= 4 is 7.60 Å². The zero-order valence-corrected chi connectivity index (χ0v) is 15.5. The van der Waals surface area contributed by atoms with E-state index in [1.807, 2.05) is 0 Å². The fourth-order valence-corrected chi connectivity index (χ4v) is 3.96. The molecule has 27 heavy (non-hydrogen) atoms. The molecule has 2 bridgehead atoms. The van der Waals surface area contributed by atoms with Crippen molar-refractivity contribution in [2.75, 3.05) is 33.6 Å². The minimum atomic E-state index is -3.89. The van der Waals surface area contributed by atoms with Gasteiger partial charge in [0.15, 0.2) is 6.23 Å². The van der Waals surface area contributed by atoms with E-state index in [0.29, 0.717) is 0 Å². The molecule has 11 nitrogen and oxygen atoms in total. The third-order valence-corrected chi connectivity index (χ3v) is 4.83. The van der Waals surface area contributed by atoms with Gasteiger partial charge in [0.25, 0.3) is 5.56 Å². The van der Waals surface area contributed by atoms with Crippen molar-refractivity contribution < 1.29 is 33.3 Å². The number of nitrogens with one attached hydrogen (secondary N) is 1. The van der Waals surface area contributed by atoms with Crippen molar-refractivity contribution in [3.63, 3.8) is 0 Å². The van der Waals surface area contributed by atoms with Gasteiger partial charge in [0, 0.05) is 20.0 Å². The van der Waals surface area contributed by atoms with Crippen molar-refractivity contribution in [2.24, 2.45) is 0 Å². The summed E-state index contributed by atoms with van der Waals surface area (Å²) >= 11 is 0. The molecule has 0 amide bonds. The number of aliphatic hydroxyl groups is 1. The maximum absolute atomic E-state index is 12.3. The van der Waals surface area contributed by atoms with Crippen molar-refractivity contribution in [3.8, 4) is 11.8 Å². The van der Waals surface area contributed by atoms with Gasteiger partial charge in [0.05, 0.1) is 13.2 Å². The molecule has 2 unspecified atom stereocenters. The predicted molar refractivity (Wildman–Crippen MR) is 90.4 cm³/mol. The fraction of sp³-hybridized carbons (Fsp3) is 0.600. The SMILES string of the molecule is COC[C@]12COC([C@H](n3cc(C#CCO)c(=O)[nH]c3=O)O1)[C@@H]2OP(C)(=O)O. The van der Waals surface area contributed by atoms with Gasteiger partial charge in [-0.3, -0.25) is 23.4 Å². The molecule has 2 aliphatic heterocycles. The summed E-state index contributed by atoms with van der Waals surface area (Å²) in [6.45, 7) is 0.621. The van der Waals surface area contributed by atoms with Crippen LogP contribution in [0.2, 0.25) is 0 Å². The maximum atomic E-state index is 12.3. The first kappa shape index (κ1) is 20.0. The van der Waals surface area contributed by atoms with E-state index in [9.17, 15) is 19.0 Å². The van der Waals surface area contributed by atoms with Crippen LogP contribution in [-0.4, -0.2) is 71.0 Å². The lowest BCUT2D eigenvalue weighted by atomic mass is 10.0. The van der Waals surface area contributed by atoms with E-state index in [-0.39, 0.29) is 18.8 Å². The largest absolute Gasteiger partial charge is 0.384 e. The van der Waals surface area contributed by atoms with E-state index < -0.39 is 49.5 Å². The summed E-state index contributed by atoms with van der Waals surface area (Å²) in [5.74, 6) is 4.77. The Morgan fingerprint density at radius 1 is 1.52 bits per heavy atom. The Balaban J connectivity index is 2.03. The molecule has 1 aromatic rings. The van der Waals surface area contributed by atoms with Crippen LogP contribution in [0.1, 0.15) is 11.8 Å². The first-order valence-corrected chi connectivity index (χ1v) is 9.95. The van der Waals surface area contributed by atoms with Crippen molar-refractivity contribution in [1.82, 2.24) is 9.55 Å². The van der Waals surface area contributed by atoms with E-state index in [4.69, 9.17) is 23.8 Å². The highest BCUT2D eigenvalue weighted by molar-refractivity contribution is 7.51. The number of rotatable bonds is 5. The first-order chi connectivity index (χ1) is 12.7. The minimum absolute atomic E-state index is 0.0000539. The summed E-state index contributed by atoms with van der Waals surface area (Å²) in [7, 11) is -2.46. The predicted octanol–water partition coefficient (Wildman–Crippen LogP) is -1.61. The zero-order chi connectivity index (χ0) is 19.8. The van der Waals surface area contributed by atoms with Gasteiger partial charge in [-0.15, -0.1) is 0 Å². The van der Waals surface area contributed by atoms with Crippen LogP contribution < -0.4 is 11.2 Å². The first-order valence-electron chi connectivity index (χ1n) is 7.93. The normalized spacial score (nSPS) is 31.3. The number of fused-ring (bicyclic) bond motifs is 2. The molecule has 0 aliphatic carbocycles. The Labute approximate surface area is 153 Å².